The van der Waals surface area contributed by atoms with Crippen LogP contribution in [0, 0.1) is 11.3 Å². The Kier molecular flexibility index (Phi) is 7.64. The normalized spacial score (nSPS) is 21.6. The number of piperidine rings is 1. The van der Waals surface area contributed by atoms with Gasteiger partial charge in [-0.05, 0) is 35.1 Å². The number of rotatable bonds is 8. The summed E-state index contributed by atoms with van der Waals surface area (Å²) >= 11 is 0. The summed E-state index contributed by atoms with van der Waals surface area (Å²) in [4.78, 5) is 17.7. The Labute approximate surface area is 235 Å². The first-order valence-electron chi connectivity index (χ1n) is 13.9. The van der Waals surface area contributed by atoms with Gasteiger partial charge in [0, 0.05) is 60.2 Å². The largest absolute Gasteiger partial charge is 0.389 e. The van der Waals surface area contributed by atoms with Crippen LogP contribution >= 0.6 is 0 Å². The monoisotopic (exact) mass is 570 g/mol. The Hall–Kier alpha value is -3.05. The predicted molar refractivity (Wildman–Crippen MR) is 158 cm³/mol. The number of hydrogen-bond donors (Lipinski definition) is 2. The number of sulfone groups is 1. The number of aliphatic hydroxyl groups is 1. The van der Waals surface area contributed by atoms with Crippen LogP contribution in [0.4, 0.5) is 27.7 Å². The smallest absolute Gasteiger partial charge is 0.227 e. The van der Waals surface area contributed by atoms with Gasteiger partial charge in [0.1, 0.15) is 27.6 Å². The molecule has 2 atom stereocenters. The third-order valence-electron chi connectivity index (χ3n) is 8.08. The maximum absolute atomic E-state index is 14.5. The fourth-order valence-corrected chi connectivity index (χ4v) is 6.91. The molecule has 2 N–H and O–H groups in total. The molecule has 4 heterocycles. The number of hydrogen-bond acceptors (Lipinski definition) is 9. The zero-order chi connectivity index (χ0) is 28.8. The second-order valence-corrected chi connectivity index (χ2v) is 14.5. The van der Waals surface area contributed by atoms with Gasteiger partial charge in [-0.15, -0.1) is 0 Å². The van der Waals surface area contributed by atoms with E-state index in [1.165, 1.54) is 5.56 Å². The molecule has 0 spiro atoms. The van der Waals surface area contributed by atoms with Gasteiger partial charge in [-0.1, -0.05) is 40.7 Å². The Morgan fingerprint density at radius 3 is 2.52 bits per heavy atom. The van der Waals surface area contributed by atoms with Crippen LogP contribution in [0.15, 0.2) is 36.7 Å². The Balaban J connectivity index is 1.38. The zero-order valence-corrected chi connectivity index (χ0v) is 24.6. The van der Waals surface area contributed by atoms with Gasteiger partial charge < -0.3 is 20.2 Å². The molecule has 0 unspecified atom stereocenters. The van der Waals surface area contributed by atoms with E-state index >= 15 is 0 Å². The van der Waals surface area contributed by atoms with Crippen LogP contribution in [-0.4, -0.2) is 78.4 Å². The average Bonchev–Trinajstić information content (AvgIpc) is 2.88. The number of aromatic nitrogens is 3. The number of nitrogens with zero attached hydrogens (tertiary/aromatic N) is 5. The van der Waals surface area contributed by atoms with Crippen molar-refractivity contribution in [2.75, 3.05) is 52.8 Å². The molecule has 2 saturated heterocycles. The molecule has 11 heteroatoms. The minimum atomic E-state index is -2.99. The molecule has 5 rings (SSSR count). The first-order valence-corrected chi connectivity index (χ1v) is 15.7. The van der Waals surface area contributed by atoms with Crippen molar-refractivity contribution in [1.82, 2.24) is 15.0 Å². The summed E-state index contributed by atoms with van der Waals surface area (Å²) in [5, 5.41) is 15.6. The molecular weight excluding hydrogens is 531 g/mol. The molecule has 0 aliphatic carbocycles. The maximum atomic E-state index is 14.5. The summed E-state index contributed by atoms with van der Waals surface area (Å²) < 4.78 is 38.6. The van der Waals surface area contributed by atoms with E-state index in [2.05, 4.69) is 51.1 Å². The first-order chi connectivity index (χ1) is 18.9. The van der Waals surface area contributed by atoms with Crippen molar-refractivity contribution >= 4 is 43.9 Å². The molecule has 40 heavy (non-hydrogen) atoms. The number of pyridine rings is 1. The highest BCUT2D eigenvalue weighted by Crippen LogP contribution is 2.37. The van der Waals surface area contributed by atoms with E-state index in [0.29, 0.717) is 43.1 Å². The van der Waals surface area contributed by atoms with Crippen molar-refractivity contribution in [3.63, 3.8) is 0 Å². The fraction of sp³-hybridized carbons (Fsp3) is 0.552. The minimum Gasteiger partial charge on any atom is -0.389 e. The standard InChI is InChI=1S/C29H39FN6O3S/c1-6-40(38,39)16-19-13-35(14-19)24-8-7-20(18(2)3)21-11-26(32-12-22(21)24)33-25-9-10-31-28(34-25)36-15-23(30)27(37)29(4,5)17-36/h7-12,18-19,23,27,37H,6,13-17H2,1-5H3,(H,31,32,33,34)/t23-,27-/m1/s1. The molecular formula is C29H39FN6O3S. The molecule has 0 radical (unpaired) electrons. The van der Waals surface area contributed by atoms with E-state index in [-0.39, 0.29) is 24.0 Å². The van der Waals surface area contributed by atoms with Crippen LogP contribution in [-0.2, 0) is 9.84 Å². The molecule has 0 saturated carbocycles. The molecule has 216 valence electrons. The topological polar surface area (TPSA) is 112 Å². The lowest BCUT2D eigenvalue weighted by Crippen LogP contribution is -2.55. The van der Waals surface area contributed by atoms with Gasteiger partial charge in [0.2, 0.25) is 5.95 Å². The number of fused-ring (bicyclic) bond motifs is 1. The van der Waals surface area contributed by atoms with Crippen LogP contribution in [0.1, 0.15) is 46.1 Å². The number of halogens is 1. The summed E-state index contributed by atoms with van der Waals surface area (Å²) in [6, 6.07) is 8.02. The quantitative estimate of drug-likeness (QED) is 0.409. The van der Waals surface area contributed by atoms with Crippen molar-refractivity contribution in [3.8, 4) is 0 Å². The third-order valence-corrected chi connectivity index (χ3v) is 9.94. The lowest BCUT2D eigenvalue weighted by Gasteiger charge is -2.43. The van der Waals surface area contributed by atoms with Gasteiger partial charge in [0.05, 0.1) is 18.4 Å². The average molecular weight is 571 g/mol. The number of anilines is 4. The SMILES string of the molecule is CCS(=O)(=O)CC1CN(c2ccc(C(C)C)c3cc(Nc4ccnc(N5C[C@@H](F)[C@@H](O)C(C)(C)C5)n4)ncc23)C1. The summed E-state index contributed by atoms with van der Waals surface area (Å²) in [6.07, 6.45) is 1.08. The molecule has 2 aliphatic heterocycles. The van der Waals surface area contributed by atoms with E-state index in [1.54, 1.807) is 24.1 Å². The van der Waals surface area contributed by atoms with Gasteiger partial charge in [0.15, 0.2) is 0 Å². The van der Waals surface area contributed by atoms with Gasteiger partial charge >= 0.3 is 0 Å². The first kappa shape index (κ1) is 28.5. The summed E-state index contributed by atoms with van der Waals surface area (Å²) in [6.45, 7) is 11.6. The van der Waals surface area contributed by atoms with Crippen LogP contribution in [0.5, 0.6) is 0 Å². The molecule has 2 aromatic heterocycles. The number of nitrogens with one attached hydrogen (secondary N) is 1. The highest BCUT2D eigenvalue weighted by molar-refractivity contribution is 7.91. The Morgan fingerprint density at radius 2 is 1.85 bits per heavy atom. The lowest BCUT2D eigenvalue weighted by atomic mass is 9.80. The van der Waals surface area contributed by atoms with Crippen LogP contribution < -0.4 is 15.1 Å². The summed E-state index contributed by atoms with van der Waals surface area (Å²) in [5.74, 6) is 2.42. The maximum Gasteiger partial charge on any atom is 0.227 e. The molecule has 3 aromatic rings. The van der Waals surface area contributed by atoms with Gasteiger partial charge in [-0.25, -0.2) is 22.8 Å². The predicted octanol–water partition coefficient (Wildman–Crippen LogP) is 4.31. The van der Waals surface area contributed by atoms with E-state index in [9.17, 15) is 17.9 Å². The third kappa shape index (κ3) is 5.72. The molecule has 0 bridgehead atoms. The molecule has 2 fully saturated rings. The van der Waals surface area contributed by atoms with Gasteiger partial charge in [-0.3, -0.25) is 0 Å². The highest BCUT2D eigenvalue weighted by Gasteiger charge is 2.42. The van der Waals surface area contributed by atoms with Crippen molar-refractivity contribution in [2.45, 2.75) is 52.8 Å². The van der Waals surface area contributed by atoms with Crippen LogP contribution in [0.2, 0.25) is 0 Å². The van der Waals surface area contributed by atoms with E-state index in [1.807, 2.05) is 26.1 Å². The zero-order valence-electron chi connectivity index (χ0n) is 23.8. The number of benzene rings is 1. The molecule has 1 aromatic carbocycles. The highest BCUT2D eigenvalue weighted by atomic mass is 32.2. The van der Waals surface area contributed by atoms with E-state index < -0.39 is 27.5 Å². The van der Waals surface area contributed by atoms with Crippen molar-refractivity contribution < 1.29 is 17.9 Å². The van der Waals surface area contributed by atoms with E-state index in [4.69, 9.17) is 0 Å². The lowest BCUT2D eigenvalue weighted by molar-refractivity contribution is -0.0257. The van der Waals surface area contributed by atoms with Crippen molar-refractivity contribution in [3.05, 3.63) is 42.2 Å². The molecule has 0 amide bonds. The fourth-order valence-electron chi connectivity index (χ4n) is 5.75. The van der Waals surface area contributed by atoms with Crippen LogP contribution in [0.25, 0.3) is 10.8 Å². The van der Waals surface area contributed by atoms with Gasteiger partial charge in [0.25, 0.3) is 0 Å². The second kappa shape index (κ2) is 10.7. The molecule has 2 aliphatic rings. The van der Waals surface area contributed by atoms with Crippen molar-refractivity contribution in [1.29, 1.82) is 0 Å². The Morgan fingerprint density at radius 1 is 1.10 bits per heavy atom. The van der Waals surface area contributed by atoms with Crippen molar-refractivity contribution in [2.24, 2.45) is 11.3 Å². The van der Waals surface area contributed by atoms with Crippen LogP contribution in [0.3, 0.4) is 0 Å². The van der Waals surface area contributed by atoms with Gasteiger partial charge in [-0.2, -0.15) is 4.98 Å². The molecule has 9 nitrogen and oxygen atoms in total. The second-order valence-electron chi connectivity index (χ2n) is 12.1. The number of aliphatic hydroxyl groups excluding tert-OH is 1. The Bertz CT molecular complexity index is 1490. The summed E-state index contributed by atoms with van der Waals surface area (Å²) in [7, 11) is -2.99. The minimum absolute atomic E-state index is 0.0323. The summed E-state index contributed by atoms with van der Waals surface area (Å²) in [5.41, 5.74) is 1.63. The number of alkyl halides is 1. The van der Waals surface area contributed by atoms with E-state index in [0.717, 1.165) is 16.5 Å².